The number of nitrogens with zero attached hydrogens (tertiary/aromatic N) is 4. The molecule has 0 aliphatic carbocycles. The van der Waals surface area contributed by atoms with Gasteiger partial charge in [-0.1, -0.05) is 0 Å². The van der Waals surface area contributed by atoms with Crippen molar-refractivity contribution in [2.24, 2.45) is 0 Å². The summed E-state index contributed by atoms with van der Waals surface area (Å²) in [7, 11) is 3.03. The molecule has 1 aromatic carbocycles. The molecule has 0 bridgehead atoms. The lowest BCUT2D eigenvalue weighted by Gasteiger charge is -2.18. The van der Waals surface area contributed by atoms with E-state index in [0.29, 0.717) is 42.2 Å². The van der Waals surface area contributed by atoms with Crippen molar-refractivity contribution in [3.63, 3.8) is 0 Å². The van der Waals surface area contributed by atoms with Gasteiger partial charge in [-0.25, -0.2) is 0 Å². The summed E-state index contributed by atoms with van der Waals surface area (Å²) in [5.41, 5.74) is 1.72. The molecule has 0 spiro atoms. The van der Waals surface area contributed by atoms with Crippen LogP contribution in [0.25, 0.3) is 0 Å². The Morgan fingerprint density at radius 1 is 1.13 bits per heavy atom. The van der Waals surface area contributed by atoms with Crippen molar-refractivity contribution >= 4 is 17.5 Å². The van der Waals surface area contributed by atoms with Crippen molar-refractivity contribution < 1.29 is 23.6 Å². The maximum atomic E-state index is 12.9. The average Bonchev–Trinajstić information content (AvgIpc) is 3.35. The minimum absolute atomic E-state index is 0.0871. The number of methoxy groups -OCH3 is 2. The molecule has 0 saturated carbocycles. The Labute approximate surface area is 172 Å². The molecular weight excluding hydrogens is 390 g/mol. The number of fused-ring (bicyclic) bond motifs is 1. The molecule has 2 amide bonds. The predicted octanol–water partition coefficient (Wildman–Crippen LogP) is 2.19. The largest absolute Gasteiger partial charge is 0.497 e. The number of carbonyl (C=O) groups is 2. The molecule has 3 heterocycles. The molecule has 10 nitrogen and oxygen atoms in total. The minimum atomic E-state index is -0.318. The predicted molar refractivity (Wildman–Crippen MR) is 106 cm³/mol. The number of carbonyl (C=O) groups excluding carboxylic acids is 2. The summed E-state index contributed by atoms with van der Waals surface area (Å²) in [5, 5.41) is 10.9. The second-order valence-corrected chi connectivity index (χ2v) is 6.72. The molecule has 1 N–H and O–H groups in total. The Kier molecular flexibility index (Phi) is 5.38. The summed E-state index contributed by atoms with van der Waals surface area (Å²) >= 11 is 0. The van der Waals surface area contributed by atoms with Gasteiger partial charge in [0, 0.05) is 18.8 Å². The average molecular weight is 411 g/mol. The molecule has 1 aliphatic heterocycles. The molecule has 2 aromatic heterocycles. The van der Waals surface area contributed by atoms with Gasteiger partial charge in [0.05, 0.1) is 44.3 Å². The zero-order valence-corrected chi connectivity index (χ0v) is 16.6. The first kappa shape index (κ1) is 19.5. The zero-order chi connectivity index (χ0) is 21.1. The van der Waals surface area contributed by atoms with Crippen molar-refractivity contribution in [2.75, 3.05) is 26.1 Å². The molecular formula is C20H21N5O5. The molecule has 0 radical (unpaired) electrons. The first-order valence-corrected chi connectivity index (χ1v) is 9.39. The molecule has 3 aromatic rings. The quantitative estimate of drug-likeness (QED) is 0.685. The number of hydrogen-bond acceptors (Lipinski definition) is 7. The van der Waals surface area contributed by atoms with Crippen LogP contribution in [0.15, 0.2) is 41.1 Å². The number of anilines is 1. The summed E-state index contributed by atoms with van der Waals surface area (Å²) < 4.78 is 16.9. The number of rotatable bonds is 5. The summed E-state index contributed by atoms with van der Waals surface area (Å²) in [6.45, 7) is 1.34. The molecule has 30 heavy (non-hydrogen) atoms. The molecule has 0 atom stereocenters. The topological polar surface area (TPSA) is 112 Å². The van der Waals surface area contributed by atoms with Gasteiger partial charge in [0.1, 0.15) is 5.75 Å². The van der Waals surface area contributed by atoms with Crippen LogP contribution < -0.4 is 14.8 Å². The number of hydrogen-bond donors (Lipinski definition) is 1. The minimum Gasteiger partial charge on any atom is -0.497 e. The first-order valence-electron chi connectivity index (χ1n) is 9.39. The van der Waals surface area contributed by atoms with Gasteiger partial charge in [0.2, 0.25) is 5.76 Å². The molecule has 10 heteroatoms. The van der Waals surface area contributed by atoms with Crippen LogP contribution in [0.4, 0.5) is 5.69 Å². The zero-order valence-electron chi connectivity index (χ0n) is 16.6. The van der Waals surface area contributed by atoms with Crippen molar-refractivity contribution in [3.05, 3.63) is 53.5 Å². The van der Waals surface area contributed by atoms with Crippen LogP contribution in [0.1, 0.15) is 33.0 Å². The maximum absolute atomic E-state index is 12.9. The SMILES string of the molecule is COc1ccc(NC(=O)c2cnn3c2CN(C(=O)c2cc(OC)no2)CCC3)cc1. The van der Waals surface area contributed by atoms with E-state index in [1.807, 2.05) is 0 Å². The lowest BCUT2D eigenvalue weighted by Crippen LogP contribution is -2.31. The Hall–Kier alpha value is -3.82. The van der Waals surface area contributed by atoms with Crippen molar-refractivity contribution in [1.82, 2.24) is 19.8 Å². The van der Waals surface area contributed by atoms with E-state index >= 15 is 0 Å². The molecule has 0 saturated heterocycles. The fourth-order valence-corrected chi connectivity index (χ4v) is 3.29. The fraction of sp³-hybridized carbons (Fsp3) is 0.300. The van der Waals surface area contributed by atoms with Crippen LogP contribution in [0, 0.1) is 0 Å². The number of nitrogens with one attached hydrogen (secondary N) is 1. The van der Waals surface area contributed by atoms with Crippen LogP contribution >= 0.6 is 0 Å². The Bertz CT molecular complexity index is 1060. The van der Waals surface area contributed by atoms with Gasteiger partial charge < -0.3 is 24.2 Å². The van der Waals surface area contributed by atoms with Crippen LogP contribution in [0.5, 0.6) is 11.6 Å². The van der Waals surface area contributed by atoms with Crippen LogP contribution in [-0.2, 0) is 13.1 Å². The van der Waals surface area contributed by atoms with Gasteiger partial charge in [-0.2, -0.15) is 5.10 Å². The maximum Gasteiger partial charge on any atom is 0.292 e. The normalized spacial score (nSPS) is 13.3. The third kappa shape index (κ3) is 3.84. The monoisotopic (exact) mass is 411 g/mol. The molecule has 1 aliphatic rings. The van der Waals surface area contributed by atoms with Crippen LogP contribution in [0.3, 0.4) is 0 Å². The summed E-state index contributed by atoms with van der Waals surface area (Å²) in [5.74, 6) is 0.409. The number of amides is 2. The first-order chi connectivity index (χ1) is 14.6. The van der Waals surface area contributed by atoms with E-state index in [-0.39, 0.29) is 30.0 Å². The number of ether oxygens (including phenoxy) is 2. The highest BCUT2D eigenvalue weighted by molar-refractivity contribution is 6.05. The van der Waals surface area contributed by atoms with E-state index in [9.17, 15) is 9.59 Å². The van der Waals surface area contributed by atoms with Gasteiger partial charge in [0.25, 0.3) is 17.7 Å². The lowest BCUT2D eigenvalue weighted by atomic mass is 10.2. The van der Waals surface area contributed by atoms with Crippen LogP contribution in [0.2, 0.25) is 0 Å². The van der Waals surface area contributed by atoms with E-state index in [2.05, 4.69) is 15.6 Å². The molecule has 0 fully saturated rings. The van der Waals surface area contributed by atoms with E-state index in [0.717, 1.165) is 0 Å². The van der Waals surface area contributed by atoms with E-state index in [1.54, 1.807) is 41.0 Å². The second kappa shape index (κ2) is 8.27. The van der Waals surface area contributed by atoms with E-state index < -0.39 is 0 Å². The van der Waals surface area contributed by atoms with Crippen molar-refractivity contribution in [1.29, 1.82) is 0 Å². The van der Waals surface area contributed by atoms with E-state index in [1.165, 1.54) is 19.4 Å². The second-order valence-electron chi connectivity index (χ2n) is 6.72. The summed E-state index contributed by atoms with van der Waals surface area (Å²) in [6.07, 6.45) is 2.23. The smallest absolute Gasteiger partial charge is 0.292 e. The lowest BCUT2D eigenvalue weighted by molar-refractivity contribution is 0.0701. The number of aromatic nitrogens is 3. The third-order valence-electron chi connectivity index (χ3n) is 4.88. The highest BCUT2D eigenvalue weighted by Crippen LogP contribution is 2.22. The van der Waals surface area contributed by atoms with Gasteiger partial charge in [-0.15, -0.1) is 0 Å². The van der Waals surface area contributed by atoms with Gasteiger partial charge in [-0.3, -0.25) is 14.3 Å². The number of aryl methyl sites for hydroxylation is 1. The van der Waals surface area contributed by atoms with Gasteiger partial charge in [-0.05, 0) is 35.8 Å². The van der Waals surface area contributed by atoms with Crippen molar-refractivity contribution in [2.45, 2.75) is 19.5 Å². The highest BCUT2D eigenvalue weighted by Gasteiger charge is 2.27. The van der Waals surface area contributed by atoms with Gasteiger partial charge >= 0.3 is 0 Å². The highest BCUT2D eigenvalue weighted by atomic mass is 16.5. The summed E-state index contributed by atoms with van der Waals surface area (Å²) in [4.78, 5) is 27.3. The number of benzene rings is 1. The Morgan fingerprint density at radius 3 is 2.63 bits per heavy atom. The molecule has 4 rings (SSSR count). The van der Waals surface area contributed by atoms with Crippen LogP contribution in [-0.4, -0.2) is 52.4 Å². The van der Waals surface area contributed by atoms with E-state index in [4.69, 9.17) is 14.0 Å². The standard InChI is InChI=1S/C20H21N5O5/c1-28-14-6-4-13(5-7-14)22-19(26)15-11-21-25-9-3-8-24(12-16(15)25)20(27)17-10-18(29-2)23-30-17/h4-7,10-11H,3,8-9,12H2,1-2H3,(H,22,26). The fourth-order valence-electron chi connectivity index (χ4n) is 3.29. The van der Waals surface area contributed by atoms with Gasteiger partial charge in [0.15, 0.2) is 0 Å². The summed E-state index contributed by atoms with van der Waals surface area (Å²) in [6, 6.07) is 8.49. The molecule has 156 valence electrons. The third-order valence-corrected chi connectivity index (χ3v) is 4.88. The Morgan fingerprint density at radius 2 is 1.93 bits per heavy atom. The van der Waals surface area contributed by atoms with Crippen molar-refractivity contribution in [3.8, 4) is 11.6 Å². The Balaban J connectivity index is 1.53. The molecule has 0 unspecified atom stereocenters.